The zero-order valence-electron chi connectivity index (χ0n) is 47.7. The number of aliphatic hydroxyl groups is 1. The van der Waals surface area contributed by atoms with Gasteiger partial charge in [0.05, 0.1) is 0 Å². The summed E-state index contributed by atoms with van der Waals surface area (Å²) in [4.78, 5) is 0. The molecule has 68 heavy (non-hydrogen) atoms. The lowest BCUT2D eigenvalue weighted by Gasteiger charge is -2.05. The normalized spacial score (nSPS) is 11.7. The standard InChI is InChI=1S/C66H135NO/c67-65-63-61-59-57-55-53-51-49-47-45-43-41-39-37-35-33-31-29-27-25-23-21-19-17-15-13-11-9-7-5-3-1-2-4-6-8-10-12-14-16-18-20-22-24-26-28-30-32-34-36-38-40-42-44-46-48-50-52-54-56-58-60-62-64-66-68/h68H,1-67H2. The Morgan fingerprint density at radius 1 is 0.118 bits per heavy atom. The van der Waals surface area contributed by atoms with Gasteiger partial charge in [-0.05, 0) is 19.4 Å². The first-order valence-corrected chi connectivity index (χ1v) is 33.2. The molecule has 0 fully saturated rings. The van der Waals surface area contributed by atoms with Crippen molar-refractivity contribution in [3.63, 3.8) is 0 Å². The van der Waals surface area contributed by atoms with Gasteiger partial charge in [-0.1, -0.05) is 398 Å². The summed E-state index contributed by atoms with van der Waals surface area (Å²) in [5.74, 6) is 0. The summed E-state index contributed by atoms with van der Waals surface area (Å²) in [5, 5.41) is 8.84. The van der Waals surface area contributed by atoms with Crippen molar-refractivity contribution in [2.24, 2.45) is 5.73 Å². The van der Waals surface area contributed by atoms with Gasteiger partial charge < -0.3 is 10.8 Å². The fourth-order valence-corrected chi connectivity index (χ4v) is 11.2. The Bertz CT molecular complexity index is 747. The molecule has 0 unspecified atom stereocenters. The van der Waals surface area contributed by atoms with Gasteiger partial charge in [-0.3, -0.25) is 0 Å². The summed E-state index contributed by atoms with van der Waals surface area (Å²) in [5.41, 5.74) is 5.57. The Balaban J connectivity index is 3.07. The van der Waals surface area contributed by atoms with Crippen LogP contribution in [-0.4, -0.2) is 18.3 Å². The topological polar surface area (TPSA) is 46.2 Å². The van der Waals surface area contributed by atoms with E-state index in [1.807, 2.05) is 0 Å². The second-order valence-corrected chi connectivity index (χ2v) is 23.1. The number of aliphatic hydroxyl groups excluding tert-OH is 1. The largest absolute Gasteiger partial charge is 0.396 e. The highest BCUT2D eigenvalue weighted by Gasteiger charge is 2.00. The van der Waals surface area contributed by atoms with Crippen LogP contribution in [0.1, 0.15) is 411 Å². The lowest BCUT2D eigenvalue weighted by Crippen LogP contribution is -1.97. The van der Waals surface area contributed by atoms with Gasteiger partial charge in [0, 0.05) is 6.61 Å². The zero-order valence-corrected chi connectivity index (χ0v) is 47.7. The van der Waals surface area contributed by atoms with E-state index in [2.05, 4.69) is 0 Å². The van der Waals surface area contributed by atoms with Crippen LogP contribution in [0.3, 0.4) is 0 Å². The minimum Gasteiger partial charge on any atom is -0.396 e. The molecule has 0 heterocycles. The van der Waals surface area contributed by atoms with Crippen molar-refractivity contribution in [2.75, 3.05) is 13.2 Å². The quantitative estimate of drug-likeness (QED) is 0.0597. The second kappa shape index (κ2) is 66.9. The fourth-order valence-electron chi connectivity index (χ4n) is 11.2. The van der Waals surface area contributed by atoms with Crippen molar-refractivity contribution >= 4 is 0 Å². The molecule has 0 rings (SSSR count). The predicted octanol–water partition coefficient (Wildman–Crippen LogP) is 23.9. The summed E-state index contributed by atoms with van der Waals surface area (Å²) in [7, 11) is 0. The van der Waals surface area contributed by atoms with E-state index >= 15 is 0 Å². The SMILES string of the molecule is NCCCCCCCCCCCCCCCCCCCCCCCCCCCCCCCCCCCCCCCCCCCCCCCCCCCCCCCCCCCCCCCCCCO. The van der Waals surface area contributed by atoms with Gasteiger partial charge in [-0.15, -0.1) is 0 Å². The van der Waals surface area contributed by atoms with Gasteiger partial charge in [0.2, 0.25) is 0 Å². The second-order valence-electron chi connectivity index (χ2n) is 23.1. The van der Waals surface area contributed by atoms with Crippen molar-refractivity contribution in [2.45, 2.75) is 411 Å². The molecule has 0 atom stereocenters. The number of unbranched alkanes of at least 4 members (excludes halogenated alkanes) is 63. The van der Waals surface area contributed by atoms with Crippen molar-refractivity contribution in [1.29, 1.82) is 0 Å². The summed E-state index contributed by atoms with van der Waals surface area (Å²) >= 11 is 0. The molecular weight excluding hydrogens is 823 g/mol. The van der Waals surface area contributed by atoms with Gasteiger partial charge >= 0.3 is 0 Å². The minimum atomic E-state index is 0.374. The molecule has 0 amide bonds. The van der Waals surface area contributed by atoms with Crippen LogP contribution in [-0.2, 0) is 0 Å². The molecule has 0 aliphatic heterocycles. The number of nitrogens with two attached hydrogens (primary N) is 1. The van der Waals surface area contributed by atoms with E-state index < -0.39 is 0 Å². The molecule has 0 saturated heterocycles. The Hall–Kier alpha value is -0.0800. The maximum atomic E-state index is 8.84. The molecule has 0 aromatic carbocycles. The Morgan fingerprint density at radius 2 is 0.191 bits per heavy atom. The molecule has 2 nitrogen and oxygen atoms in total. The number of rotatable bonds is 65. The first kappa shape index (κ1) is 67.9. The first-order chi connectivity index (χ1) is 33.9. The lowest BCUT2D eigenvalue weighted by atomic mass is 10.0. The van der Waals surface area contributed by atoms with E-state index in [0.29, 0.717) is 6.61 Å². The molecule has 0 bridgehead atoms. The van der Waals surface area contributed by atoms with Gasteiger partial charge in [0.25, 0.3) is 0 Å². The molecule has 0 aliphatic carbocycles. The molecule has 2 heteroatoms. The smallest absolute Gasteiger partial charge is 0.0431 e. The molecule has 0 aromatic rings. The average molecular weight is 959 g/mol. The highest BCUT2D eigenvalue weighted by molar-refractivity contribution is 4.56. The number of hydrogen-bond donors (Lipinski definition) is 2. The van der Waals surface area contributed by atoms with Crippen molar-refractivity contribution < 1.29 is 5.11 Å². The van der Waals surface area contributed by atoms with Crippen molar-refractivity contribution in [3.05, 3.63) is 0 Å². The summed E-state index contributed by atoms with van der Waals surface area (Å²) in [6, 6.07) is 0. The van der Waals surface area contributed by atoms with E-state index in [0.717, 1.165) is 13.0 Å². The van der Waals surface area contributed by atoms with E-state index in [1.54, 1.807) is 0 Å². The van der Waals surface area contributed by atoms with E-state index in [1.165, 1.54) is 405 Å². The summed E-state index contributed by atoms with van der Waals surface area (Å²) in [6.07, 6.45) is 93.3. The van der Waals surface area contributed by atoms with Crippen LogP contribution >= 0.6 is 0 Å². The molecule has 0 radical (unpaired) electrons. The van der Waals surface area contributed by atoms with Crippen molar-refractivity contribution in [3.8, 4) is 0 Å². The zero-order chi connectivity index (χ0) is 48.7. The predicted molar refractivity (Wildman–Crippen MR) is 312 cm³/mol. The van der Waals surface area contributed by atoms with Gasteiger partial charge in [0.1, 0.15) is 0 Å². The van der Waals surface area contributed by atoms with Crippen LogP contribution in [0.4, 0.5) is 0 Å². The highest BCUT2D eigenvalue weighted by atomic mass is 16.2. The average Bonchev–Trinajstić information content (AvgIpc) is 3.35. The van der Waals surface area contributed by atoms with Gasteiger partial charge in [0.15, 0.2) is 0 Å². The number of hydrogen-bond acceptors (Lipinski definition) is 2. The maximum Gasteiger partial charge on any atom is 0.0431 e. The third-order valence-electron chi connectivity index (χ3n) is 16.1. The van der Waals surface area contributed by atoms with E-state index in [9.17, 15) is 0 Å². The van der Waals surface area contributed by atoms with E-state index in [-0.39, 0.29) is 0 Å². The van der Waals surface area contributed by atoms with Crippen molar-refractivity contribution in [1.82, 2.24) is 0 Å². The molecule has 3 N–H and O–H groups in total. The molecule has 0 aromatic heterocycles. The minimum absolute atomic E-state index is 0.374. The fraction of sp³-hybridized carbons (Fsp3) is 1.00. The maximum absolute atomic E-state index is 8.84. The van der Waals surface area contributed by atoms with Crippen LogP contribution in [0, 0.1) is 0 Å². The van der Waals surface area contributed by atoms with Crippen LogP contribution in [0.25, 0.3) is 0 Å². The molecule has 410 valence electrons. The Kier molecular flexibility index (Phi) is 66.8. The summed E-state index contributed by atoms with van der Waals surface area (Å²) < 4.78 is 0. The monoisotopic (exact) mass is 958 g/mol. The third-order valence-corrected chi connectivity index (χ3v) is 16.1. The Morgan fingerprint density at radius 3 is 0.265 bits per heavy atom. The molecule has 0 spiro atoms. The Labute approximate surface area is 433 Å². The molecular formula is C66H135NO. The lowest BCUT2D eigenvalue weighted by molar-refractivity contribution is 0.282. The first-order valence-electron chi connectivity index (χ1n) is 33.2. The third kappa shape index (κ3) is 65.9. The van der Waals surface area contributed by atoms with E-state index in [4.69, 9.17) is 10.8 Å². The van der Waals surface area contributed by atoms with Gasteiger partial charge in [-0.2, -0.15) is 0 Å². The van der Waals surface area contributed by atoms with Gasteiger partial charge in [-0.25, -0.2) is 0 Å². The molecule has 0 saturated carbocycles. The molecule has 0 aliphatic rings. The van der Waals surface area contributed by atoms with Crippen LogP contribution in [0.5, 0.6) is 0 Å². The van der Waals surface area contributed by atoms with Crippen LogP contribution < -0.4 is 5.73 Å². The highest BCUT2D eigenvalue weighted by Crippen LogP contribution is 2.20. The van der Waals surface area contributed by atoms with Crippen LogP contribution in [0.2, 0.25) is 0 Å². The van der Waals surface area contributed by atoms with Crippen LogP contribution in [0.15, 0.2) is 0 Å². The summed E-state index contributed by atoms with van der Waals surface area (Å²) in [6.45, 7) is 1.25.